The van der Waals surface area contributed by atoms with Gasteiger partial charge in [-0.2, -0.15) is 0 Å². The molecule has 2 fully saturated rings. The van der Waals surface area contributed by atoms with Crippen molar-refractivity contribution in [1.82, 2.24) is 5.32 Å². The summed E-state index contributed by atoms with van der Waals surface area (Å²) in [7, 11) is 1.74. The van der Waals surface area contributed by atoms with Crippen molar-refractivity contribution in [3.63, 3.8) is 0 Å². The fraction of sp³-hybridized carbons (Fsp3) is 0.895. The van der Waals surface area contributed by atoms with Crippen LogP contribution >= 0.6 is 0 Å². The molecule has 2 aliphatic heterocycles. The van der Waals surface area contributed by atoms with Crippen LogP contribution in [0.3, 0.4) is 0 Å². The summed E-state index contributed by atoms with van der Waals surface area (Å²) in [5, 5.41) is 2.99. The molecule has 6 unspecified atom stereocenters. The van der Waals surface area contributed by atoms with Crippen LogP contribution in [0.25, 0.3) is 0 Å². The maximum absolute atomic E-state index is 12.4. The average molecular weight is 386 g/mol. The third kappa shape index (κ3) is 5.88. The highest BCUT2D eigenvalue weighted by Crippen LogP contribution is 2.31. The average Bonchev–Trinajstić information content (AvgIpc) is 3.15. The summed E-state index contributed by atoms with van der Waals surface area (Å²) in [5.41, 5.74) is 5.88. The normalized spacial score (nSPS) is 29.6. The lowest BCUT2D eigenvalue weighted by Crippen LogP contribution is -2.42. The Morgan fingerprint density at radius 3 is 1.89 bits per heavy atom. The predicted octanol–water partition coefficient (Wildman–Crippen LogP) is 0.615. The number of esters is 2. The molecule has 3 N–H and O–H groups in total. The third-order valence-corrected chi connectivity index (χ3v) is 4.87. The number of nitrogens with two attached hydrogens (primary N) is 1. The molecule has 0 aliphatic carbocycles. The van der Waals surface area contributed by atoms with Crippen molar-refractivity contribution in [2.24, 2.45) is 17.6 Å². The molecule has 0 saturated carbocycles. The maximum Gasteiger partial charge on any atom is 0.323 e. The zero-order valence-electron chi connectivity index (χ0n) is 17.0. The Balaban J connectivity index is 1.87. The number of nitrogens with one attached hydrogen (secondary N) is 1. The van der Waals surface area contributed by atoms with Gasteiger partial charge >= 0.3 is 11.9 Å². The van der Waals surface area contributed by atoms with E-state index in [9.17, 15) is 9.59 Å². The monoisotopic (exact) mass is 386 g/mol. The van der Waals surface area contributed by atoms with E-state index in [1.54, 1.807) is 7.05 Å². The van der Waals surface area contributed by atoms with Crippen LogP contribution in [0, 0.1) is 11.8 Å². The Bertz CT molecular complexity index is 512. The van der Waals surface area contributed by atoms with Gasteiger partial charge in [-0.05, 0) is 31.7 Å². The van der Waals surface area contributed by atoms with E-state index in [0.29, 0.717) is 24.7 Å². The smallest absolute Gasteiger partial charge is 0.323 e. The van der Waals surface area contributed by atoms with Crippen molar-refractivity contribution in [2.75, 3.05) is 20.3 Å². The van der Waals surface area contributed by atoms with Crippen LogP contribution < -0.4 is 11.1 Å². The van der Waals surface area contributed by atoms with Gasteiger partial charge in [-0.3, -0.25) is 9.59 Å². The Morgan fingerprint density at radius 1 is 0.963 bits per heavy atom. The molecule has 0 aromatic rings. The van der Waals surface area contributed by atoms with Gasteiger partial charge in [0.05, 0.1) is 13.2 Å². The van der Waals surface area contributed by atoms with E-state index in [-0.39, 0.29) is 25.2 Å². The first-order chi connectivity index (χ1) is 12.7. The largest absolute Gasteiger partial charge is 0.456 e. The second kappa shape index (κ2) is 9.82. The van der Waals surface area contributed by atoms with Crippen LogP contribution in [-0.4, -0.2) is 68.7 Å². The number of carbonyl (C=O) groups is 2. The van der Waals surface area contributed by atoms with Crippen molar-refractivity contribution in [3.8, 4) is 0 Å². The first kappa shape index (κ1) is 22.1. The van der Waals surface area contributed by atoms with Crippen LogP contribution in [0.1, 0.15) is 40.5 Å². The van der Waals surface area contributed by atoms with Gasteiger partial charge in [-0.1, -0.05) is 27.7 Å². The molecule has 0 radical (unpaired) electrons. The molecule has 2 rings (SSSR count). The Hall–Kier alpha value is -1.22. The van der Waals surface area contributed by atoms with Crippen molar-refractivity contribution in [3.05, 3.63) is 0 Å². The standard InChI is InChI=1S/C19H34N2O6/c1-10(2)6-12(20)18(22)26-14-8-24-17-15(9-25-16(14)17)27-19(23)13(21-5)7-11(3)4/h10-17,21H,6-9,20H2,1-5H3. The first-order valence-corrected chi connectivity index (χ1v) is 9.79. The third-order valence-electron chi connectivity index (χ3n) is 4.87. The van der Waals surface area contributed by atoms with Crippen LogP contribution in [0.5, 0.6) is 0 Å². The molecule has 0 aromatic heterocycles. The molecule has 2 saturated heterocycles. The van der Waals surface area contributed by atoms with E-state index in [2.05, 4.69) is 19.2 Å². The minimum atomic E-state index is -0.661. The van der Waals surface area contributed by atoms with Crippen LogP contribution in [0.15, 0.2) is 0 Å². The fourth-order valence-electron chi connectivity index (χ4n) is 3.51. The van der Waals surface area contributed by atoms with Gasteiger partial charge in [-0.15, -0.1) is 0 Å². The van der Waals surface area contributed by atoms with Gasteiger partial charge in [0.2, 0.25) is 0 Å². The van der Waals surface area contributed by atoms with E-state index in [4.69, 9.17) is 24.7 Å². The molecule has 0 bridgehead atoms. The number of likely N-dealkylation sites (N-methyl/N-ethyl adjacent to an activating group) is 1. The Labute approximate surface area is 161 Å². The second-order valence-electron chi connectivity index (χ2n) is 8.25. The van der Waals surface area contributed by atoms with Crippen molar-refractivity contribution in [2.45, 2.75) is 77.0 Å². The fourth-order valence-corrected chi connectivity index (χ4v) is 3.51. The van der Waals surface area contributed by atoms with Gasteiger partial charge in [0.25, 0.3) is 0 Å². The number of carbonyl (C=O) groups excluding carboxylic acids is 2. The zero-order valence-corrected chi connectivity index (χ0v) is 17.0. The quantitative estimate of drug-likeness (QED) is 0.555. The number of hydrogen-bond donors (Lipinski definition) is 2. The predicted molar refractivity (Wildman–Crippen MR) is 99.0 cm³/mol. The molecule has 0 spiro atoms. The number of rotatable bonds is 9. The minimum Gasteiger partial charge on any atom is -0.456 e. The lowest BCUT2D eigenvalue weighted by molar-refractivity contribution is -0.157. The maximum atomic E-state index is 12.4. The number of hydrogen-bond acceptors (Lipinski definition) is 8. The summed E-state index contributed by atoms with van der Waals surface area (Å²) < 4.78 is 22.5. The highest BCUT2D eigenvalue weighted by Gasteiger charge is 2.51. The summed E-state index contributed by atoms with van der Waals surface area (Å²) >= 11 is 0. The Kier molecular flexibility index (Phi) is 8.03. The topological polar surface area (TPSA) is 109 Å². The van der Waals surface area contributed by atoms with Gasteiger partial charge < -0.3 is 30.0 Å². The van der Waals surface area contributed by atoms with Crippen molar-refractivity contribution in [1.29, 1.82) is 0 Å². The first-order valence-electron chi connectivity index (χ1n) is 9.79. The van der Waals surface area contributed by atoms with Gasteiger partial charge in [0.15, 0.2) is 12.2 Å². The molecular weight excluding hydrogens is 352 g/mol. The van der Waals surface area contributed by atoms with E-state index < -0.39 is 36.4 Å². The number of fused-ring (bicyclic) bond motifs is 1. The second-order valence-corrected chi connectivity index (χ2v) is 8.25. The van der Waals surface area contributed by atoms with Crippen LogP contribution in [0.4, 0.5) is 0 Å². The molecule has 6 atom stereocenters. The SMILES string of the molecule is CNC(CC(C)C)C(=O)OC1COC2C(OC(=O)C(N)CC(C)C)COC12. The molecule has 8 nitrogen and oxygen atoms in total. The highest BCUT2D eigenvalue weighted by atomic mass is 16.7. The minimum absolute atomic E-state index is 0.213. The molecule has 8 heteroatoms. The van der Waals surface area contributed by atoms with Gasteiger partial charge in [0.1, 0.15) is 24.3 Å². The Morgan fingerprint density at radius 2 is 1.44 bits per heavy atom. The lowest BCUT2D eigenvalue weighted by atomic mass is 10.0. The summed E-state index contributed by atoms with van der Waals surface area (Å²) in [6.45, 7) is 8.54. The van der Waals surface area contributed by atoms with Gasteiger partial charge in [-0.25, -0.2) is 0 Å². The highest BCUT2D eigenvalue weighted by molar-refractivity contribution is 5.76. The molecule has 27 heavy (non-hydrogen) atoms. The summed E-state index contributed by atoms with van der Waals surface area (Å²) in [5.74, 6) is -0.0978. The molecule has 2 heterocycles. The number of ether oxygens (including phenoxy) is 4. The van der Waals surface area contributed by atoms with Crippen LogP contribution in [0.2, 0.25) is 0 Å². The molecular formula is C19H34N2O6. The molecule has 0 amide bonds. The summed E-state index contributed by atoms with van der Waals surface area (Å²) in [6.07, 6.45) is -0.645. The summed E-state index contributed by atoms with van der Waals surface area (Å²) in [4.78, 5) is 24.6. The van der Waals surface area contributed by atoms with Gasteiger partial charge in [0, 0.05) is 0 Å². The van der Waals surface area contributed by atoms with E-state index >= 15 is 0 Å². The zero-order chi connectivity index (χ0) is 20.1. The van der Waals surface area contributed by atoms with E-state index in [0.717, 1.165) is 0 Å². The lowest BCUT2D eigenvalue weighted by Gasteiger charge is -2.22. The van der Waals surface area contributed by atoms with Crippen LogP contribution in [-0.2, 0) is 28.5 Å². The molecule has 156 valence electrons. The summed E-state index contributed by atoms with van der Waals surface area (Å²) in [6, 6.07) is -1.03. The van der Waals surface area contributed by atoms with E-state index in [1.807, 2.05) is 13.8 Å². The molecule has 2 aliphatic rings. The van der Waals surface area contributed by atoms with Crippen molar-refractivity contribution >= 4 is 11.9 Å². The molecule has 0 aromatic carbocycles. The van der Waals surface area contributed by atoms with Crippen molar-refractivity contribution < 1.29 is 28.5 Å². The van der Waals surface area contributed by atoms with E-state index in [1.165, 1.54) is 0 Å².